The minimum atomic E-state index is -1.01. The third kappa shape index (κ3) is 3.74. The highest BCUT2D eigenvalue weighted by atomic mass is 79.9. The van der Waals surface area contributed by atoms with Crippen molar-refractivity contribution in [2.24, 2.45) is 11.7 Å². The second kappa shape index (κ2) is 5.67. The molecule has 0 heterocycles. The Kier molecular flexibility index (Phi) is 4.51. The molecule has 0 aromatic heterocycles. The van der Waals surface area contributed by atoms with E-state index in [4.69, 9.17) is 15.6 Å². The first-order chi connectivity index (χ1) is 7.91. The van der Waals surface area contributed by atoms with Gasteiger partial charge < -0.3 is 15.6 Å². The van der Waals surface area contributed by atoms with Gasteiger partial charge in [-0.3, -0.25) is 4.79 Å². The second-order valence-electron chi connectivity index (χ2n) is 3.56. The van der Waals surface area contributed by atoms with Crippen molar-refractivity contribution in [1.29, 1.82) is 0 Å². The first-order valence-corrected chi connectivity index (χ1v) is 5.66. The lowest BCUT2D eigenvalue weighted by molar-refractivity contribution is -0.122. The fourth-order valence-corrected chi connectivity index (χ4v) is 1.54. The third-order valence-corrected chi connectivity index (χ3v) is 2.77. The summed E-state index contributed by atoms with van der Waals surface area (Å²) in [5, 5.41) is 8.77. The SMILES string of the molecule is CC(COc1ccc(C(=O)O)cc1Br)C(N)=O. The van der Waals surface area contributed by atoms with E-state index in [0.29, 0.717) is 10.2 Å². The average Bonchev–Trinajstić information content (AvgIpc) is 2.26. The number of halogens is 1. The number of carboxylic acid groups (broad SMARTS) is 1. The topological polar surface area (TPSA) is 89.6 Å². The zero-order valence-electron chi connectivity index (χ0n) is 9.14. The molecule has 0 saturated carbocycles. The summed E-state index contributed by atoms with van der Waals surface area (Å²) in [7, 11) is 0. The van der Waals surface area contributed by atoms with Gasteiger partial charge in [-0.15, -0.1) is 0 Å². The Morgan fingerprint density at radius 3 is 2.65 bits per heavy atom. The third-order valence-electron chi connectivity index (χ3n) is 2.15. The van der Waals surface area contributed by atoms with Crippen LogP contribution in [0.2, 0.25) is 0 Å². The molecule has 3 N–H and O–H groups in total. The van der Waals surface area contributed by atoms with Crippen molar-refractivity contribution in [3.63, 3.8) is 0 Å². The Hall–Kier alpha value is -1.56. The number of rotatable bonds is 5. The number of ether oxygens (including phenoxy) is 1. The summed E-state index contributed by atoms with van der Waals surface area (Å²) in [5.41, 5.74) is 5.25. The molecule has 1 aromatic carbocycles. The molecule has 0 aliphatic carbocycles. The maximum Gasteiger partial charge on any atom is 0.335 e. The molecule has 0 aliphatic rings. The molecule has 17 heavy (non-hydrogen) atoms. The molecule has 5 nitrogen and oxygen atoms in total. The smallest absolute Gasteiger partial charge is 0.335 e. The number of carboxylic acids is 1. The van der Waals surface area contributed by atoms with Crippen molar-refractivity contribution in [2.45, 2.75) is 6.92 Å². The average molecular weight is 302 g/mol. The molecular formula is C11H12BrNO4. The largest absolute Gasteiger partial charge is 0.492 e. The van der Waals surface area contributed by atoms with Gasteiger partial charge in [0.2, 0.25) is 5.91 Å². The fraction of sp³-hybridized carbons (Fsp3) is 0.273. The number of carbonyl (C=O) groups excluding carboxylic acids is 1. The Balaban J connectivity index is 2.73. The van der Waals surface area contributed by atoms with Crippen LogP contribution < -0.4 is 10.5 Å². The fourth-order valence-electron chi connectivity index (χ4n) is 1.05. The quantitative estimate of drug-likeness (QED) is 0.865. The highest BCUT2D eigenvalue weighted by molar-refractivity contribution is 9.10. The van der Waals surface area contributed by atoms with Gasteiger partial charge in [-0.1, -0.05) is 6.92 Å². The monoisotopic (exact) mass is 301 g/mol. The highest BCUT2D eigenvalue weighted by Gasteiger charge is 2.12. The van der Waals surface area contributed by atoms with Crippen LogP contribution in [0.3, 0.4) is 0 Å². The maximum atomic E-state index is 10.8. The van der Waals surface area contributed by atoms with E-state index in [-0.39, 0.29) is 12.2 Å². The van der Waals surface area contributed by atoms with Crippen molar-refractivity contribution >= 4 is 27.8 Å². The molecule has 1 unspecified atom stereocenters. The van der Waals surface area contributed by atoms with Crippen LogP contribution in [0.25, 0.3) is 0 Å². The van der Waals surface area contributed by atoms with E-state index in [1.807, 2.05) is 0 Å². The first-order valence-electron chi connectivity index (χ1n) is 4.86. The van der Waals surface area contributed by atoms with E-state index in [1.54, 1.807) is 6.92 Å². The number of amides is 1. The van der Waals surface area contributed by atoms with E-state index in [2.05, 4.69) is 15.9 Å². The van der Waals surface area contributed by atoms with Gasteiger partial charge in [-0.2, -0.15) is 0 Å². The lowest BCUT2D eigenvalue weighted by Crippen LogP contribution is -2.25. The van der Waals surface area contributed by atoms with Crippen LogP contribution in [-0.2, 0) is 4.79 Å². The molecule has 1 atom stereocenters. The molecule has 0 radical (unpaired) electrons. The van der Waals surface area contributed by atoms with Gasteiger partial charge in [0.1, 0.15) is 5.75 Å². The molecule has 0 spiro atoms. The van der Waals surface area contributed by atoms with Crippen LogP contribution in [0.5, 0.6) is 5.75 Å². The Bertz CT molecular complexity index is 447. The van der Waals surface area contributed by atoms with Gasteiger partial charge in [0.25, 0.3) is 0 Å². The van der Waals surface area contributed by atoms with Crippen molar-refractivity contribution in [3.8, 4) is 5.75 Å². The van der Waals surface area contributed by atoms with Crippen LogP contribution >= 0.6 is 15.9 Å². The van der Waals surface area contributed by atoms with E-state index < -0.39 is 17.8 Å². The molecule has 0 aliphatic heterocycles. The number of nitrogens with two attached hydrogens (primary N) is 1. The zero-order chi connectivity index (χ0) is 13.0. The van der Waals surface area contributed by atoms with Crippen LogP contribution in [0, 0.1) is 5.92 Å². The number of hydrogen-bond acceptors (Lipinski definition) is 3. The molecule has 92 valence electrons. The van der Waals surface area contributed by atoms with E-state index in [1.165, 1.54) is 18.2 Å². The normalized spacial score (nSPS) is 11.9. The molecular weight excluding hydrogens is 290 g/mol. The van der Waals surface area contributed by atoms with Gasteiger partial charge in [0.05, 0.1) is 22.6 Å². The molecule has 1 aromatic rings. The van der Waals surface area contributed by atoms with Gasteiger partial charge >= 0.3 is 5.97 Å². The lowest BCUT2D eigenvalue weighted by Gasteiger charge is -2.11. The predicted octanol–water partition coefficient (Wildman–Crippen LogP) is 1.65. The number of benzene rings is 1. The van der Waals surface area contributed by atoms with E-state index in [0.717, 1.165) is 0 Å². The first kappa shape index (κ1) is 13.5. The van der Waals surface area contributed by atoms with E-state index >= 15 is 0 Å². The van der Waals surface area contributed by atoms with Crippen molar-refractivity contribution < 1.29 is 19.4 Å². The Labute approximate surface area is 107 Å². The summed E-state index contributed by atoms with van der Waals surface area (Å²) >= 11 is 3.20. The van der Waals surface area contributed by atoms with Crippen LogP contribution in [0.4, 0.5) is 0 Å². The maximum absolute atomic E-state index is 10.8. The standard InChI is InChI=1S/C11H12BrNO4/c1-6(10(13)14)5-17-9-3-2-7(11(15)16)4-8(9)12/h2-4,6H,5H2,1H3,(H2,13,14)(H,15,16). The summed E-state index contributed by atoms with van der Waals surface area (Å²) in [4.78, 5) is 21.5. The van der Waals surface area contributed by atoms with Crippen LogP contribution in [0.15, 0.2) is 22.7 Å². The Morgan fingerprint density at radius 2 is 2.18 bits per heavy atom. The summed E-state index contributed by atoms with van der Waals surface area (Å²) in [6, 6.07) is 4.39. The highest BCUT2D eigenvalue weighted by Crippen LogP contribution is 2.26. The van der Waals surface area contributed by atoms with Crippen molar-refractivity contribution in [1.82, 2.24) is 0 Å². The molecule has 1 rings (SSSR count). The minimum absolute atomic E-state index is 0.153. The number of hydrogen-bond donors (Lipinski definition) is 2. The zero-order valence-corrected chi connectivity index (χ0v) is 10.7. The molecule has 0 bridgehead atoms. The van der Waals surface area contributed by atoms with Crippen LogP contribution in [-0.4, -0.2) is 23.6 Å². The summed E-state index contributed by atoms with van der Waals surface area (Å²) in [5.74, 6) is -1.38. The molecule has 1 amide bonds. The van der Waals surface area contributed by atoms with Gasteiger partial charge in [-0.25, -0.2) is 4.79 Å². The number of aromatic carboxylic acids is 1. The number of primary amides is 1. The summed E-state index contributed by atoms with van der Waals surface area (Å²) in [6.45, 7) is 1.81. The van der Waals surface area contributed by atoms with Gasteiger partial charge in [-0.05, 0) is 34.1 Å². The van der Waals surface area contributed by atoms with E-state index in [9.17, 15) is 9.59 Å². The lowest BCUT2D eigenvalue weighted by atomic mass is 10.2. The second-order valence-corrected chi connectivity index (χ2v) is 4.42. The summed E-state index contributed by atoms with van der Waals surface area (Å²) < 4.78 is 5.88. The number of carbonyl (C=O) groups is 2. The molecule has 0 saturated heterocycles. The van der Waals surface area contributed by atoms with Gasteiger partial charge in [0.15, 0.2) is 0 Å². The molecule has 6 heteroatoms. The molecule has 0 fully saturated rings. The van der Waals surface area contributed by atoms with Crippen molar-refractivity contribution in [3.05, 3.63) is 28.2 Å². The Morgan fingerprint density at radius 1 is 1.53 bits per heavy atom. The van der Waals surface area contributed by atoms with Crippen molar-refractivity contribution in [2.75, 3.05) is 6.61 Å². The summed E-state index contributed by atoms with van der Waals surface area (Å²) in [6.07, 6.45) is 0. The van der Waals surface area contributed by atoms with Crippen LogP contribution in [0.1, 0.15) is 17.3 Å². The minimum Gasteiger partial charge on any atom is -0.492 e. The van der Waals surface area contributed by atoms with Gasteiger partial charge in [0, 0.05) is 0 Å². The predicted molar refractivity (Wildman–Crippen MR) is 65.0 cm³/mol.